The fourth-order valence-corrected chi connectivity index (χ4v) is 0.115. The van der Waals surface area contributed by atoms with E-state index in [0.717, 1.165) is 0 Å². The van der Waals surface area contributed by atoms with Crippen LogP contribution >= 0.6 is 0 Å². The van der Waals surface area contributed by atoms with Crippen LogP contribution in [0.1, 0.15) is 18.3 Å². The largest absolute Gasteiger partial charge is 0.481 e. The van der Waals surface area contributed by atoms with Gasteiger partial charge in [0.2, 0.25) is 0 Å². The maximum absolute atomic E-state index is 10.0. The fraction of sp³-hybridized carbons (Fsp3) is 0.750. The topological polar surface area (TPSA) is 57.5 Å². The Morgan fingerprint density at radius 1 is 1.86 bits per heavy atom. The Hall–Kier alpha value is -0.570. The van der Waals surface area contributed by atoms with Crippen molar-refractivity contribution >= 4 is 5.97 Å². The molecule has 0 amide bonds. The Balaban J connectivity index is 4.25. The van der Waals surface area contributed by atoms with Gasteiger partial charge < -0.3 is 10.2 Å². The van der Waals surface area contributed by atoms with Gasteiger partial charge in [-0.3, -0.25) is 4.79 Å². The first-order valence-corrected chi connectivity index (χ1v) is 1.61. The van der Waals surface area contributed by atoms with E-state index in [1.165, 1.54) is 0 Å². The molecule has 0 rings (SSSR count). The number of aliphatic hydroxyl groups is 1. The van der Waals surface area contributed by atoms with Gasteiger partial charge in [0.15, 0.2) is 0 Å². The lowest BCUT2D eigenvalue weighted by molar-refractivity contribution is -0.137. The molecule has 0 unspecified atom stereocenters. The van der Waals surface area contributed by atoms with Crippen molar-refractivity contribution < 1.29 is 20.5 Å². The first kappa shape index (κ1) is 2.13. The first-order chi connectivity index (χ1) is 4.65. The predicted octanol–water partition coefficient (Wildman–Crippen LogP) is -0.157. The minimum absolute atomic E-state index is 1.07. The minimum atomic E-state index is -2.79. The molecule has 0 aliphatic carbocycles. The Bertz CT molecular complexity index is 161. The summed E-state index contributed by atoms with van der Waals surface area (Å²) in [6, 6.07) is 0. The number of aliphatic carboxylic acids is 1. The maximum Gasteiger partial charge on any atom is 0.303 e. The van der Waals surface area contributed by atoms with Crippen LogP contribution in [0.2, 0.25) is 0 Å². The molecule has 0 heterocycles. The van der Waals surface area contributed by atoms with Gasteiger partial charge in [-0.1, -0.05) is 0 Å². The number of carboxylic acids is 1. The van der Waals surface area contributed by atoms with Crippen LogP contribution in [0.25, 0.3) is 0 Å². The highest BCUT2D eigenvalue weighted by Crippen LogP contribution is 1.83. The van der Waals surface area contributed by atoms with Crippen molar-refractivity contribution in [2.24, 2.45) is 0 Å². The van der Waals surface area contributed by atoms with Crippen LogP contribution in [0.5, 0.6) is 0 Å². The van der Waals surface area contributed by atoms with Gasteiger partial charge >= 0.3 is 5.97 Å². The van der Waals surface area contributed by atoms with Crippen molar-refractivity contribution in [1.29, 1.82) is 0 Å². The van der Waals surface area contributed by atoms with Crippen molar-refractivity contribution in [2.75, 3.05) is 6.56 Å². The van der Waals surface area contributed by atoms with Crippen molar-refractivity contribution in [2.45, 2.75) is 12.8 Å². The normalized spacial score (nSPS) is 21.3. The molecule has 0 saturated heterocycles. The second kappa shape index (κ2) is 3.61. The fourth-order valence-electron chi connectivity index (χ4n) is 0.115. The lowest BCUT2D eigenvalue weighted by Crippen LogP contribution is -1.95. The zero-order valence-corrected chi connectivity index (χ0v) is 3.51. The van der Waals surface area contributed by atoms with Crippen molar-refractivity contribution in [3.8, 4) is 0 Å². The van der Waals surface area contributed by atoms with Crippen LogP contribution < -0.4 is 0 Å². The molecule has 0 atom stereocenters. The van der Waals surface area contributed by atoms with E-state index in [2.05, 4.69) is 0 Å². The lowest BCUT2D eigenvalue weighted by Gasteiger charge is -1.85. The maximum atomic E-state index is 10.0. The summed E-state index contributed by atoms with van der Waals surface area (Å²) in [4.78, 5) is 10.0. The standard InChI is InChI=1S/C4H8O3/c5-3-1-2-4(6)7/h5H,1-3H2,(H,6,7)/i2D2,3D2. The molecule has 0 aliphatic heterocycles. The second-order valence-corrected chi connectivity index (χ2v) is 0.817. The first-order valence-electron chi connectivity index (χ1n) is 3.61. The highest BCUT2D eigenvalue weighted by molar-refractivity contribution is 5.66. The van der Waals surface area contributed by atoms with Crippen LogP contribution in [0.4, 0.5) is 0 Å². The number of carboxylic acid groups (broad SMARTS) is 1. The SMILES string of the molecule is [2H]C([2H])(O)CC([2H])([2H])C(=O)O. The van der Waals surface area contributed by atoms with Crippen LogP contribution in [0.15, 0.2) is 0 Å². The van der Waals surface area contributed by atoms with Crippen LogP contribution in [0, 0.1) is 0 Å². The number of rotatable bonds is 3. The molecule has 7 heavy (non-hydrogen) atoms. The Kier molecular flexibility index (Phi) is 1.10. The average Bonchev–Trinajstić information content (AvgIpc) is 1.56. The summed E-state index contributed by atoms with van der Waals surface area (Å²) in [6.45, 7) is -2.79. The van der Waals surface area contributed by atoms with Gasteiger partial charge in [0.1, 0.15) is 0 Å². The molecule has 0 spiro atoms. The van der Waals surface area contributed by atoms with Crippen LogP contribution in [-0.2, 0) is 4.79 Å². The van der Waals surface area contributed by atoms with Gasteiger partial charge in [0.05, 0.1) is 2.74 Å². The van der Waals surface area contributed by atoms with Crippen molar-refractivity contribution in [1.82, 2.24) is 0 Å². The third-order valence-electron chi connectivity index (χ3n) is 0.319. The highest BCUT2D eigenvalue weighted by atomic mass is 16.4. The van der Waals surface area contributed by atoms with Gasteiger partial charge in [-0.2, -0.15) is 0 Å². The lowest BCUT2D eigenvalue weighted by atomic mass is 10.3. The van der Waals surface area contributed by atoms with E-state index in [0.29, 0.717) is 0 Å². The van der Waals surface area contributed by atoms with Gasteiger partial charge in [-0.25, -0.2) is 0 Å². The van der Waals surface area contributed by atoms with Gasteiger partial charge in [-0.05, 0) is 6.42 Å². The smallest absolute Gasteiger partial charge is 0.303 e. The zero-order valence-electron chi connectivity index (χ0n) is 7.51. The van der Waals surface area contributed by atoms with Crippen molar-refractivity contribution in [3.63, 3.8) is 0 Å². The molecule has 0 aliphatic rings. The Labute approximate surface area is 47.2 Å². The summed E-state index contributed by atoms with van der Waals surface area (Å²) in [7, 11) is 0. The summed E-state index contributed by atoms with van der Waals surface area (Å²) < 4.78 is 26.4. The quantitative estimate of drug-likeness (QED) is 0.528. The molecule has 0 aromatic rings. The van der Waals surface area contributed by atoms with Gasteiger partial charge in [-0.15, -0.1) is 0 Å². The van der Waals surface area contributed by atoms with Gasteiger partial charge in [0.25, 0.3) is 0 Å². The minimum Gasteiger partial charge on any atom is -0.481 e. The molecule has 0 bridgehead atoms. The molecule has 3 heteroatoms. The summed E-state index contributed by atoms with van der Waals surface area (Å²) >= 11 is 0. The summed E-state index contributed by atoms with van der Waals surface area (Å²) in [6.07, 6.45) is -3.80. The molecular formula is C4H8O3. The predicted molar refractivity (Wildman–Crippen MR) is 24.0 cm³/mol. The van der Waals surface area contributed by atoms with E-state index in [9.17, 15) is 4.79 Å². The highest BCUT2D eigenvalue weighted by Gasteiger charge is 1.91. The average molecular weight is 108 g/mol. The molecule has 0 radical (unpaired) electrons. The van der Waals surface area contributed by atoms with Gasteiger partial charge in [0, 0.05) is 15.7 Å². The van der Waals surface area contributed by atoms with E-state index >= 15 is 0 Å². The molecule has 0 fully saturated rings. The summed E-state index contributed by atoms with van der Waals surface area (Å²) in [5.74, 6) is -1.78. The third-order valence-corrected chi connectivity index (χ3v) is 0.319. The van der Waals surface area contributed by atoms with E-state index in [1.54, 1.807) is 0 Å². The van der Waals surface area contributed by atoms with E-state index < -0.39 is 25.3 Å². The van der Waals surface area contributed by atoms with E-state index in [4.69, 9.17) is 15.7 Å². The molecule has 42 valence electrons. The molecule has 0 aromatic carbocycles. The summed E-state index contributed by atoms with van der Waals surface area (Å²) in [5.41, 5.74) is 0. The molecule has 3 nitrogen and oxygen atoms in total. The third kappa shape index (κ3) is 5.43. The molecule has 2 N–H and O–H groups in total. The Morgan fingerprint density at radius 2 is 2.43 bits per heavy atom. The number of hydrogen-bond acceptors (Lipinski definition) is 2. The number of carbonyl (C=O) groups is 1. The second-order valence-electron chi connectivity index (χ2n) is 0.817. The molecule has 0 saturated carbocycles. The molecule has 0 aromatic heterocycles. The van der Waals surface area contributed by atoms with Crippen LogP contribution in [0.3, 0.4) is 0 Å². The zero-order chi connectivity index (χ0) is 9.28. The Morgan fingerprint density at radius 3 is 2.57 bits per heavy atom. The summed E-state index contributed by atoms with van der Waals surface area (Å²) in [5, 5.41) is 16.6. The molecular weight excluding hydrogens is 96.0 g/mol. The van der Waals surface area contributed by atoms with Crippen LogP contribution in [-0.4, -0.2) is 22.7 Å². The van der Waals surface area contributed by atoms with E-state index in [1.807, 2.05) is 0 Å². The number of hydrogen-bond donors (Lipinski definition) is 2. The monoisotopic (exact) mass is 108 g/mol. The van der Waals surface area contributed by atoms with E-state index in [-0.39, 0.29) is 0 Å². The van der Waals surface area contributed by atoms with Crippen molar-refractivity contribution in [3.05, 3.63) is 0 Å².